The van der Waals surface area contributed by atoms with E-state index >= 15 is 0 Å². The van der Waals surface area contributed by atoms with E-state index in [9.17, 15) is 0 Å². The molecule has 4 aromatic carbocycles. The van der Waals surface area contributed by atoms with Gasteiger partial charge in [-0.25, -0.2) is 0 Å². The van der Waals surface area contributed by atoms with Gasteiger partial charge in [0.2, 0.25) is 0 Å². The Morgan fingerprint density at radius 2 is 1.37 bits per heavy atom. The van der Waals surface area contributed by atoms with Crippen LogP contribution in [0.1, 0.15) is 54.0 Å². The standard InChI is InChI=1S/C29H33N/c1-6-7-8-9-23-10-13-25(14-11-23)30-29-22(5)21(4)18-28-26(29)15-12-24-16-19(2)20(3)17-27(24)28/h10-18,30H,6-9H2,1-5H3. The van der Waals surface area contributed by atoms with Gasteiger partial charge in [-0.15, -0.1) is 0 Å². The van der Waals surface area contributed by atoms with Crippen molar-refractivity contribution >= 4 is 32.9 Å². The summed E-state index contributed by atoms with van der Waals surface area (Å²) in [6.45, 7) is 11.1. The minimum Gasteiger partial charge on any atom is -0.355 e. The number of hydrogen-bond donors (Lipinski definition) is 1. The first kappa shape index (κ1) is 20.5. The molecule has 1 nitrogen and oxygen atoms in total. The lowest BCUT2D eigenvalue weighted by Gasteiger charge is -2.18. The van der Waals surface area contributed by atoms with E-state index in [0.29, 0.717) is 0 Å². The van der Waals surface area contributed by atoms with E-state index < -0.39 is 0 Å². The van der Waals surface area contributed by atoms with Gasteiger partial charge in [-0.2, -0.15) is 0 Å². The predicted octanol–water partition coefficient (Wildman–Crippen LogP) is 8.70. The molecule has 0 aromatic heterocycles. The zero-order chi connectivity index (χ0) is 21.3. The van der Waals surface area contributed by atoms with E-state index in [2.05, 4.69) is 94.5 Å². The average molecular weight is 396 g/mol. The summed E-state index contributed by atoms with van der Waals surface area (Å²) in [6, 6.07) is 20.5. The van der Waals surface area contributed by atoms with Crippen molar-refractivity contribution in [3.63, 3.8) is 0 Å². The molecule has 0 aliphatic heterocycles. The van der Waals surface area contributed by atoms with Crippen LogP contribution in [-0.2, 0) is 6.42 Å². The second kappa shape index (κ2) is 8.52. The van der Waals surface area contributed by atoms with Crippen molar-refractivity contribution in [2.75, 3.05) is 5.32 Å². The number of anilines is 2. The summed E-state index contributed by atoms with van der Waals surface area (Å²) < 4.78 is 0. The van der Waals surface area contributed by atoms with Crippen LogP contribution in [0, 0.1) is 27.7 Å². The van der Waals surface area contributed by atoms with Gasteiger partial charge in [0.05, 0.1) is 0 Å². The second-order valence-corrected chi connectivity index (χ2v) is 8.79. The SMILES string of the molecule is CCCCCc1ccc(Nc2c(C)c(C)cc3c2ccc2cc(C)c(C)cc23)cc1. The highest BCUT2D eigenvalue weighted by Crippen LogP contribution is 2.37. The lowest BCUT2D eigenvalue weighted by atomic mass is 9.93. The lowest BCUT2D eigenvalue weighted by Crippen LogP contribution is -1.98. The monoisotopic (exact) mass is 395 g/mol. The maximum Gasteiger partial charge on any atom is 0.0496 e. The largest absolute Gasteiger partial charge is 0.355 e. The second-order valence-electron chi connectivity index (χ2n) is 8.79. The quantitative estimate of drug-likeness (QED) is 0.254. The van der Waals surface area contributed by atoms with Crippen molar-refractivity contribution in [3.05, 3.63) is 82.4 Å². The molecule has 0 aliphatic rings. The van der Waals surface area contributed by atoms with Gasteiger partial charge in [0.15, 0.2) is 0 Å². The zero-order valence-corrected chi connectivity index (χ0v) is 19.0. The molecule has 154 valence electrons. The van der Waals surface area contributed by atoms with Crippen LogP contribution in [0.25, 0.3) is 21.5 Å². The molecule has 0 spiro atoms. The maximum atomic E-state index is 3.74. The number of hydrogen-bond acceptors (Lipinski definition) is 1. The maximum absolute atomic E-state index is 3.74. The van der Waals surface area contributed by atoms with E-state index in [-0.39, 0.29) is 0 Å². The Hall–Kier alpha value is -2.80. The van der Waals surface area contributed by atoms with E-state index in [4.69, 9.17) is 0 Å². The van der Waals surface area contributed by atoms with Crippen molar-refractivity contribution in [3.8, 4) is 0 Å². The smallest absolute Gasteiger partial charge is 0.0496 e. The molecule has 0 unspecified atom stereocenters. The molecule has 4 aromatic rings. The Bertz CT molecular complexity index is 1200. The normalized spacial score (nSPS) is 11.4. The van der Waals surface area contributed by atoms with Gasteiger partial charge in [-0.3, -0.25) is 0 Å². The van der Waals surface area contributed by atoms with E-state index in [0.717, 1.165) is 5.69 Å². The molecular weight excluding hydrogens is 362 g/mol. The summed E-state index contributed by atoms with van der Waals surface area (Å²) in [5.41, 5.74) is 9.15. The lowest BCUT2D eigenvalue weighted by molar-refractivity contribution is 0.717. The average Bonchev–Trinajstić information content (AvgIpc) is 2.74. The summed E-state index contributed by atoms with van der Waals surface area (Å²) in [4.78, 5) is 0. The highest BCUT2D eigenvalue weighted by molar-refractivity contribution is 6.13. The van der Waals surface area contributed by atoms with Gasteiger partial charge in [-0.05, 0) is 96.6 Å². The summed E-state index contributed by atoms with van der Waals surface area (Å²) >= 11 is 0. The molecule has 4 rings (SSSR count). The van der Waals surface area contributed by atoms with Crippen LogP contribution in [0.5, 0.6) is 0 Å². The molecule has 0 atom stereocenters. The molecule has 0 bridgehead atoms. The Morgan fingerprint density at radius 3 is 2.10 bits per heavy atom. The molecule has 0 heterocycles. The Morgan fingerprint density at radius 1 is 0.667 bits per heavy atom. The van der Waals surface area contributed by atoms with Crippen LogP contribution in [0.3, 0.4) is 0 Å². The van der Waals surface area contributed by atoms with Crippen LogP contribution in [-0.4, -0.2) is 0 Å². The summed E-state index contributed by atoms with van der Waals surface area (Å²) in [5.74, 6) is 0. The molecule has 0 saturated heterocycles. The van der Waals surface area contributed by atoms with Crippen LogP contribution >= 0.6 is 0 Å². The van der Waals surface area contributed by atoms with Gasteiger partial charge in [0, 0.05) is 16.8 Å². The molecule has 1 N–H and O–H groups in total. The van der Waals surface area contributed by atoms with Gasteiger partial charge >= 0.3 is 0 Å². The van der Waals surface area contributed by atoms with E-state index in [1.54, 1.807) is 0 Å². The summed E-state index contributed by atoms with van der Waals surface area (Å²) in [7, 11) is 0. The number of fused-ring (bicyclic) bond motifs is 3. The Kier molecular flexibility index (Phi) is 5.81. The van der Waals surface area contributed by atoms with Gasteiger partial charge in [0.1, 0.15) is 0 Å². The van der Waals surface area contributed by atoms with Crippen LogP contribution in [0.2, 0.25) is 0 Å². The first-order valence-corrected chi connectivity index (χ1v) is 11.3. The van der Waals surface area contributed by atoms with Crippen LogP contribution in [0.15, 0.2) is 54.6 Å². The third kappa shape index (κ3) is 3.94. The molecule has 30 heavy (non-hydrogen) atoms. The van der Waals surface area contributed by atoms with Crippen molar-refractivity contribution < 1.29 is 0 Å². The highest BCUT2D eigenvalue weighted by atomic mass is 14.9. The van der Waals surface area contributed by atoms with Gasteiger partial charge in [0.25, 0.3) is 0 Å². The molecule has 0 aliphatic carbocycles. The topological polar surface area (TPSA) is 12.0 Å². The van der Waals surface area contributed by atoms with Crippen molar-refractivity contribution in [1.82, 2.24) is 0 Å². The van der Waals surface area contributed by atoms with Crippen LogP contribution in [0.4, 0.5) is 11.4 Å². The molecule has 0 amide bonds. The summed E-state index contributed by atoms with van der Waals surface area (Å²) in [6.07, 6.45) is 5.02. The minimum absolute atomic E-state index is 1.16. The molecule has 0 fully saturated rings. The Balaban J connectivity index is 1.75. The fourth-order valence-corrected chi connectivity index (χ4v) is 4.35. The fraction of sp³-hybridized carbons (Fsp3) is 0.310. The predicted molar refractivity (Wildman–Crippen MR) is 133 cm³/mol. The fourth-order valence-electron chi connectivity index (χ4n) is 4.35. The number of benzene rings is 4. The van der Waals surface area contributed by atoms with Gasteiger partial charge < -0.3 is 5.32 Å². The highest BCUT2D eigenvalue weighted by Gasteiger charge is 2.12. The number of nitrogens with one attached hydrogen (secondary N) is 1. The van der Waals surface area contributed by atoms with Gasteiger partial charge in [-0.1, -0.05) is 62.2 Å². The third-order valence-corrected chi connectivity index (χ3v) is 6.56. The first-order chi connectivity index (χ1) is 14.5. The molecule has 0 saturated carbocycles. The molecule has 1 heteroatoms. The zero-order valence-electron chi connectivity index (χ0n) is 19.0. The van der Waals surface area contributed by atoms with Crippen LogP contribution < -0.4 is 5.32 Å². The van der Waals surface area contributed by atoms with E-state index in [1.807, 2.05) is 0 Å². The Labute approximate surface area is 181 Å². The van der Waals surface area contributed by atoms with Crippen molar-refractivity contribution in [2.24, 2.45) is 0 Å². The van der Waals surface area contributed by atoms with Crippen molar-refractivity contribution in [1.29, 1.82) is 0 Å². The molecule has 0 radical (unpaired) electrons. The van der Waals surface area contributed by atoms with Crippen molar-refractivity contribution in [2.45, 2.75) is 60.3 Å². The number of unbranched alkanes of at least 4 members (excludes halogenated alkanes) is 2. The number of rotatable bonds is 6. The molecular formula is C29H33N. The minimum atomic E-state index is 1.16. The first-order valence-electron chi connectivity index (χ1n) is 11.3. The third-order valence-electron chi connectivity index (χ3n) is 6.56. The van der Waals surface area contributed by atoms with E-state index in [1.165, 1.54) is 80.7 Å². The summed E-state index contributed by atoms with van der Waals surface area (Å²) in [5, 5.41) is 9.02. The number of aryl methyl sites for hydroxylation is 4.